The number of morpholine rings is 1. The van der Waals surface area contributed by atoms with Gasteiger partial charge in [-0.2, -0.15) is 31.1 Å². The number of alkyl halides is 6. The lowest BCUT2D eigenvalue weighted by atomic mass is 10.0. The molecule has 0 radical (unpaired) electrons. The molecule has 3 atom stereocenters. The molecule has 1 aliphatic heterocycles. The molecule has 3 aromatic rings. The zero-order valence-electron chi connectivity index (χ0n) is 21.7. The van der Waals surface area contributed by atoms with E-state index in [2.05, 4.69) is 15.4 Å². The zero-order valence-corrected chi connectivity index (χ0v) is 21.7. The summed E-state index contributed by atoms with van der Waals surface area (Å²) in [6, 6.07) is 5.85. The van der Waals surface area contributed by atoms with Gasteiger partial charge in [-0.3, -0.25) is 0 Å². The highest BCUT2D eigenvalue weighted by Crippen LogP contribution is 2.40. The topological polar surface area (TPSA) is 68.5 Å². The highest BCUT2D eigenvalue weighted by atomic mass is 19.4. The fourth-order valence-corrected chi connectivity index (χ4v) is 4.21. The SMILES string of the molecule is C[C@@H](O[C@H]1OCCN(c2nnn(CCN(C)C)n2)[C@H]1c1ccc(F)cc1)c1cc(C(F)(F)F)cc(C(F)(F)F)c1. The zero-order chi connectivity index (χ0) is 29.2. The second-order valence-corrected chi connectivity index (χ2v) is 9.54. The summed E-state index contributed by atoms with van der Waals surface area (Å²) in [6.45, 7) is 2.75. The minimum atomic E-state index is -5.01. The Morgan fingerprint density at radius 3 is 2.23 bits per heavy atom. The fraction of sp³-hybridized carbons (Fsp3) is 0.480. The normalized spacial score (nSPS) is 19.3. The average Bonchev–Trinajstić information content (AvgIpc) is 3.36. The third-order valence-corrected chi connectivity index (χ3v) is 6.28. The van der Waals surface area contributed by atoms with Crippen molar-refractivity contribution in [3.8, 4) is 0 Å². The lowest BCUT2D eigenvalue weighted by Crippen LogP contribution is -2.47. The maximum absolute atomic E-state index is 13.7. The Morgan fingerprint density at radius 2 is 1.65 bits per heavy atom. The Hall–Kier alpha value is -3.30. The highest BCUT2D eigenvalue weighted by molar-refractivity contribution is 5.37. The summed E-state index contributed by atoms with van der Waals surface area (Å²) < 4.78 is 106. The first kappa shape index (κ1) is 29.7. The summed E-state index contributed by atoms with van der Waals surface area (Å²) in [7, 11) is 3.77. The van der Waals surface area contributed by atoms with Gasteiger partial charge in [0, 0.05) is 13.1 Å². The lowest BCUT2D eigenvalue weighted by molar-refractivity contribution is -0.192. The monoisotopic (exact) mass is 576 g/mol. The standard InChI is InChI=1S/C25H27F7N6O2/c1-15(17-12-18(24(27,28)29)14-19(13-17)25(30,31)32)40-22-21(16-4-6-20(26)7-5-16)37(10-11-39-22)23-33-35-38(34-23)9-8-36(2)3/h4-7,12-15,21-22H,8-11H2,1-3H3/t15-,21+,22-/m1/s1. The van der Waals surface area contributed by atoms with Gasteiger partial charge >= 0.3 is 12.4 Å². The van der Waals surface area contributed by atoms with E-state index in [0.29, 0.717) is 30.8 Å². The molecule has 2 heterocycles. The van der Waals surface area contributed by atoms with Gasteiger partial charge in [0.15, 0.2) is 6.29 Å². The molecule has 0 spiro atoms. The van der Waals surface area contributed by atoms with E-state index < -0.39 is 47.7 Å². The number of hydrogen-bond donors (Lipinski definition) is 0. The van der Waals surface area contributed by atoms with Gasteiger partial charge in [0.25, 0.3) is 5.95 Å². The maximum Gasteiger partial charge on any atom is 0.416 e. The molecule has 8 nitrogen and oxygen atoms in total. The first-order valence-electron chi connectivity index (χ1n) is 12.2. The van der Waals surface area contributed by atoms with Crippen molar-refractivity contribution in [2.75, 3.05) is 38.7 Å². The van der Waals surface area contributed by atoms with Gasteiger partial charge in [0.05, 0.1) is 30.4 Å². The van der Waals surface area contributed by atoms with Crippen LogP contribution in [0.3, 0.4) is 0 Å². The molecule has 2 aromatic carbocycles. The van der Waals surface area contributed by atoms with Crippen molar-refractivity contribution < 1.29 is 40.2 Å². The van der Waals surface area contributed by atoms with Gasteiger partial charge in [-0.1, -0.05) is 17.2 Å². The van der Waals surface area contributed by atoms with Crippen LogP contribution in [0.4, 0.5) is 36.7 Å². The molecule has 4 rings (SSSR count). The van der Waals surface area contributed by atoms with E-state index in [1.54, 1.807) is 4.90 Å². The van der Waals surface area contributed by atoms with Crippen LogP contribution in [0.15, 0.2) is 42.5 Å². The molecule has 0 aliphatic carbocycles. The van der Waals surface area contributed by atoms with E-state index >= 15 is 0 Å². The summed E-state index contributed by atoms with van der Waals surface area (Å²) in [4.78, 5) is 5.02. The Labute approximate surface area is 225 Å². The summed E-state index contributed by atoms with van der Waals surface area (Å²) >= 11 is 0. The van der Waals surface area contributed by atoms with Gasteiger partial charge in [-0.25, -0.2) is 4.39 Å². The number of hydrogen-bond acceptors (Lipinski definition) is 7. The van der Waals surface area contributed by atoms with E-state index in [1.807, 2.05) is 19.0 Å². The molecular weight excluding hydrogens is 549 g/mol. The number of likely N-dealkylation sites (N-methyl/N-ethyl adjacent to an activating group) is 1. The molecule has 0 unspecified atom stereocenters. The van der Waals surface area contributed by atoms with E-state index in [4.69, 9.17) is 9.47 Å². The van der Waals surface area contributed by atoms with Crippen molar-refractivity contribution in [1.82, 2.24) is 25.1 Å². The van der Waals surface area contributed by atoms with Crippen molar-refractivity contribution >= 4 is 5.95 Å². The minimum absolute atomic E-state index is 0.0572. The lowest BCUT2D eigenvalue weighted by Gasteiger charge is -2.41. The average molecular weight is 577 g/mol. The molecule has 1 fully saturated rings. The Bertz CT molecular complexity index is 1250. The van der Waals surface area contributed by atoms with Crippen LogP contribution in [0.25, 0.3) is 0 Å². The largest absolute Gasteiger partial charge is 0.416 e. The molecule has 1 saturated heterocycles. The Kier molecular flexibility index (Phi) is 8.66. The van der Waals surface area contributed by atoms with Crippen LogP contribution in [0, 0.1) is 5.82 Å². The van der Waals surface area contributed by atoms with Crippen molar-refractivity contribution in [3.63, 3.8) is 0 Å². The number of anilines is 1. The molecule has 40 heavy (non-hydrogen) atoms. The predicted octanol–water partition coefficient (Wildman–Crippen LogP) is 5.09. The quantitative estimate of drug-likeness (QED) is 0.346. The molecule has 0 saturated carbocycles. The second kappa shape index (κ2) is 11.7. The number of halogens is 7. The Balaban J connectivity index is 1.67. The van der Waals surface area contributed by atoms with E-state index in [-0.39, 0.29) is 30.7 Å². The number of rotatable bonds is 8. The van der Waals surface area contributed by atoms with Gasteiger partial charge in [0.2, 0.25) is 0 Å². The van der Waals surface area contributed by atoms with Crippen LogP contribution in [0.2, 0.25) is 0 Å². The van der Waals surface area contributed by atoms with Gasteiger partial charge in [-0.15, -0.1) is 5.10 Å². The van der Waals surface area contributed by atoms with Crippen LogP contribution >= 0.6 is 0 Å². The molecule has 0 N–H and O–H groups in total. The smallest absolute Gasteiger partial charge is 0.348 e. The van der Waals surface area contributed by atoms with E-state index in [1.165, 1.54) is 36.0 Å². The third-order valence-electron chi connectivity index (χ3n) is 6.28. The number of nitrogens with zero attached hydrogens (tertiary/aromatic N) is 6. The molecule has 0 bridgehead atoms. The number of aromatic nitrogens is 4. The summed E-state index contributed by atoms with van der Waals surface area (Å²) in [6.07, 6.45) is -12.4. The fourth-order valence-electron chi connectivity index (χ4n) is 4.21. The van der Waals surface area contributed by atoms with Crippen LogP contribution < -0.4 is 4.90 Å². The van der Waals surface area contributed by atoms with Crippen molar-refractivity contribution in [3.05, 3.63) is 70.5 Å². The van der Waals surface area contributed by atoms with Crippen molar-refractivity contribution in [2.24, 2.45) is 0 Å². The van der Waals surface area contributed by atoms with Crippen LogP contribution in [0.5, 0.6) is 0 Å². The Morgan fingerprint density at radius 1 is 1.02 bits per heavy atom. The molecule has 1 aromatic heterocycles. The summed E-state index contributed by atoms with van der Waals surface area (Å²) in [5.41, 5.74) is -2.74. The van der Waals surface area contributed by atoms with Crippen molar-refractivity contribution in [1.29, 1.82) is 0 Å². The van der Waals surface area contributed by atoms with Crippen LogP contribution in [-0.4, -0.2) is 65.2 Å². The van der Waals surface area contributed by atoms with Gasteiger partial charge in [0.1, 0.15) is 11.9 Å². The predicted molar refractivity (Wildman–Crippen MR) is 129 cm³/mol. The second-order valence-electron chi connectivity index (χ2n) is 9.54. The maximum atomic E-state index is 13.7. The first-order chi connectivity index (χ1) is 18.7. The van der Waals surface area contributed by atoms with Gasteiger partial charge < -0.3 is 19.3 Å². The minimum Gasteiger partial charge on any atom is -0.348 e. The molecule has 0 amide bonds. The highest BCUT2D eigenvalue weighted by Gasteiger charge is 2.40. The molecule has 1 aliphatic rings. The summed E-state index contributed by atoms with van der Waals surface area (Å²) in [5, 5.41) is 12.6. The number of tetrazole rings is 1. The molecular formula is C25H27F7N6O2. The van der Waals surface area contributed by atoms with Crippen molar-refractivity contribution in [2.45, 2.75) is 44.3 Å². The molecule has 218 valence electrons. The van der Waals surface area contributed by atoms with E-state index in [9.17, 15) is 30.7 Å². The third kappa shape index (κ3) is 7.06. The van der Waals surface area contributed by atoms with E-state index in [0.717, 1.165) is 0 Å². The van der Waals surface area contributed by atoms with Crippen LogP contribution in [0.1, 0.15) is 41.3 Å². The van der Waals surface area contributed by atoms with Crippen LogP contribution in [-0.2, 0) is 28.4 Å². The number of ether oxygens (including phenoxy) is 2. The first-order valence-corrected chi connectivity index (χ1v) is 12.2. The van der Waals surface area contributed by atoms with Gasteiger partial charge in [-0.05, 0) is 67.7 Å². The molecule has 15 heteroatoms. The number of benzene rings is 2. The summed E-state index contributed by atoms with van der Waals surface area (Å²) in [5.74, 6) is -0.301.